The predicted octanol–water partition coefficient (Wildman–Crippen LogP) is 5.95. The van der Waals surface area contributed by atoms with E-state index in [1.165, 1.54) is 49.9 Å². The molecule has 0 unspecified atom stereocenters. The van der Waals surface area contributed by atoms with E-state index in [1.807, 2.05) is 0 Å². The molecule has 0 aliphatic heterocycles. The van der Waals surface area contributed by atoms with Gasteiger partial charge in [-0.1, -0.05) is 58.3 Å². The molecule has 0 heterocycles. The van der Waals surface area contributed by atoms with Crippen molar-refractivity contribution in [3.8, 4) is 0 Å². The van der Waals surface area contributed by atoms with E-state index in [1.54, 1.807) is 0 Å². The van der Waals surface area contributed by atoms with Gasteiger partial charge in [0.1, 0.15) is 0 Å². The van der Waals surface area contributed by atoms with Crippen LogP contribution in [0.2, 0.25) is 24.2 Å². The molecule has 0 fully saturated rings. The smallest absolute Gasteiger partial charge is 0.0545 e. The largest absolute Gasteiger partial charge is 0.103 e. The maximum atomic E-state index is 3.88. The van der Waals surface area contributed by atoms with E-state index in [0.29, 0.717) is 0 Å². The van der Waals surface area contributed by atoms with Gasteiger partial charge in [-0.3, -0.25) is 0 Å². The van der Waals surface area contributed by atoms with Crippen LogP contribution in [0, 0.1) is 0 Å². The molecule has 98 valence electrons. The SMILES string of the molecule is C=CCC[Si](CCC=C)(CCC=C)CCCBr. The van der Waals surface area contributed by atoms with Gasteiger partial charge in [0, 0.05) is 5.33 Å². The molecule has 0 saturated carbocycles. The normalized spacial score (nSPS) is 11.1. The maximum Gasteiger partial charge on any atom is 0.0545 e. The number of halogens is 1. The van der Waals surface area contributed by atoms with Crippen molar-refractivity contribution < 1.29 is 0 Å². The molecule has 0 aliphatic carbocycles. The molecule has 0 spiro atoms. The first-order chi connectivity index (χ1) is 8.24. The van der Waals surface area contributed by atoms with E-state index in [-0.39, 0.29) is 0 Å². The molecule has 0 radical (unpaired) electrons. The van der Waals surface area contributed by atoms with Crippen LogP contribution in [0.4, 0.5) is 0 Å². The molecule has 0 N–H and O–H groups in total. The summed E-state index contributed by atoms with van der Waals surface area (Å²) in [5.41, 5.74) is 0. The second kappa shape index (κ2) is 11.0. The van der Waals surface area contributed by atoms with Crippen molar-refractivity contribution in [3.05, 3.63) is 38.0 Å². The minimum Gasteiger partial charge on any atom is -0.103 e. The number of hydrogen-bond donors (Lipinski definition) is 0. The van der Waals surface area contributed by atoms with Gasteiger partial charge in [-0.05, 0) is 25.7 Å². The van der Waals surface area contributed by atoms with Crippen LogP contribution >= 0.6 is 15.9 Å². The Morgan fingerprint density at radius 2 is 1.18 bits per heavy atom. The van der Waals surface area contributed by atoms with Gasteiger partial charge in [0.2, 0.25) is 0 Å². The highest BCUT2D eigenvalue weighted by atomic mass is 79.9. The van der Waals surface area contributed by atoms with Crippen molar-refractivity contribution in [2.45, 2.75) is 49.9 Å². The van der Waals surface area contributed by atoms with Crippen LogP contribution in [-0.4, -0.2) is 13.4 Å². The zero-order valence-electron chi connectivity index (χ0n) is 11.1. The lowest BCUT2D eigenvalue weighted by molar-refractivity contribution is 0.942. The van der Waals surface area contributed by atoms with Crippen molar-refractivity contribution in [1.29, 1.82) is 0 Å². The highest BCUT2D eigenvalue weighted by molar-refractivity contribution is 9.09. The first-order valence-corrected chi connectivity index (χ1v) is 10.6. The van der Waals surface area contributed by atoms with Crippen LogP contribution in [0.5, 0.6) is 0 Å². The topological polar surface area (TPSA) is 0 Å². The minimum absolute atomic E-state index is 1.12. The second-order valence-corrected chi connectivity index (χ2v) is 10.6. The third-order valence-electron chi connectivity index (χ3n) is 3.48. The minimum atomic E-state index is -1.12. The zero-order chi connectivity index (χ0) is 13.0. The lowest BCUT2D eigenvalue weighted by Crippen LogP contribution is -2.33. The van der Waals surface area contributed by atoms with Gasteiger partial charge in [-0.2, -0.15) is 0 Å². The van der Waals surface area contributed by atoms with Crippen molar-refractivity contribution in [2.75, 3.05) is 5.33 Å². The summed E-state index contributed by atoms with van der Waals surface area (Å²) < 4.78 is 0. The molecule has 0 aromatic rings. The van der Waals surface area contributed by atoms with E-state index in [9.17, 15) is 0 Å². The van der Waals surface area contributed by atoms with Gasteiger partial charge in [-0.25, -0.2) is 0 Å². The summed E-state index contributed by atoms with van der Waals surface area (Å²) in [5.74, 6) is 0. The fourth-order valence-electron chi connectivity index (χ4n) is 2.42. The Balaban J connectivity index is 4.54. The van der Waals surface area contributed by atoms with Gasteiger partial charge < -0.3 is 0 Å². The molecule has 17 heavy (non-hydrogen) atoms. The lowest BCUT2D eigenvalue weighted by atomic mass is 10.5. The quantitative estimate of drug-likeness (QED) is 0.237. The molecule has 0 aromatic carbocycles. The van der Waals surface area contributed by atoms with Gasteiger partial charge >= 0.3 is 0 Å². The molecule has 2 heteroatoms. The number of hydrogen-bond acceptors (Lipinski definition) is 0. The zero-order valence-corrected chi connectivity index (χ0v) is 13.7. The third kappa shape index (κ3) is 7.77. The predicted molar refractivity (Wildman–Crippen MR) is 87.8 cm³/mol. The number of alkyl halides is 1. The van der Waals surface area contributed by atoms with E-state index in [4.69, 9.17) is 0 Å². The first-order valence-electron chi connectivity index (χ1n) is 6.63. The molecular formula is C15H27BrSi. The van der Waals surface area contributed by atoms with Crippen LogP contribution in [0.15, 0.2) is 38.0 Å². The summed E-state index contributed by atoms with van der Waals surface area (Å²) in [5, 5.41) is 1.14. The maximum absolute atomic E-state index is 3.88. The van der Waals surface area contributed by atoms with Gasteiger partial charge in [0.05, 0.1) is 8.07 Å². The summed E-state index contributed by atoms with van der Waals surface area (Å²) in [6, 6.07) is 5.62. The highest BCUT2D eigenvalue weighted by Crippen LogP contribution is 2.32. The van der Waals surface area contributed by atoms with E-state index in [0.717, 1.165) is 5.33 Å². The Hall–Kier alpha value is -0.0831. The summed E-state index contributed by atoms with van der Waals surface area (Å²) in [7, 11) is -1.12. The van der Waals surface area contributed by atoms with Crippen LogP contribution in [-0.2, 0) is 0 Å². The van der Waals surface area contributed by atoms with Crippen LogP contribution in [0.25, 0.3) is 0 Å². The Kier molecular flexibility index (Phi) is 11.0. The molecular weight excluding hydrogens is 288 g/mol. The molecule has 0 atom stereocenters. The molecule has 0 nitrogen and oxygen atoms in total. The average Bonchev–Trinajstić information content (AvgIpc) is 2.37. The average molecular weight is 315 g/mol. The van der Waals surface area contributed by atoms with Gasteiger partial charge in [-0.15, -0.1) is 19.7 Å². The van der Waals surface area contributed by atoms with Crippen molar-refractivity contribution in [3.63, 3.8) is 0 Å². The number of rotatable bonds is 12. The summed E-state index contributed by atoms with van der Waals surface area (Å²) in [4.78, 5) is 0. The Labute approximate surface area is 117 Å². The Bertz CT molecular complexity index is 192. The van der Waals surface area contributed by atoms with Crippen molar-refractivity contribution in [2.24, 2.45) is 0 Å². The highest BCUT2D eigenvalue weighted by Gasteiger charge is 2.29. The molecule has 0 aromatic heterocycles. The van der Waals surface area contributed by atoms with Gasteiger partial charge in [0.25, 0.3) is 0 Å². The Morgan fingerprint density at radius 3 is 1.47 bits per heavy atom. The van der Waals surface area contributed by atoms with Crippen molar-refractivity contribution >= 4 is 24.0 Å². The molecule has 0 amide bonds. The molecule has 0 saturated heterocycles. The van der Waals surface area contributed by atoms with E-state index >= 15 is 0 Å². The van der Waals surface area contributed by atoms with E-state index in [2.05, 4.69) is 53.9 Å². The Morgan fingerprint density at radius 1 is 0.765 bits per heavy atom. The lowest BCUT2D eigenvalue weighted by Gasteiger charge is -2.31. The second-order valence-electron chi connectivity index (χ2n) is 4.77. The summed E-state index contributed by atoms with van der Waals surface area (Å²) in [6.45, 7) is 11.6. The molecule has 0 bridgehead atoms. The summed E-state index contributed by atoms with van der Waals surface area (Å²) in [6.07, 6.45) is 11.1. The third-order valence-corrected chi connectivity index (χ3v) is 9.50. The van der Waals surface area contributed by atoms with Crippen molar-refractivity contribution in [1.82, 2.24) is 0 Å². The van der Waals surface area contributed by atoms with E-state index < -0.39 is 8.07 Å². The monoisotopic (exact) mass is 314 g/mol. The standard InChI is InChI=1S/C15H27BrSi/c1-4-7-12-17(13-8-5-2,14-9-6-3)15-10-11-16/h4-6H,1-3,7-15H2. The first kappa shape index (κ1) is 16.9. The molecule has 0 rings (SSSR count). The molecule has 0 aliphatic rings. The fourth-order valence-corrected chi connectivity index (χ4v) is 8.09. The fraction of sp³-hybridized carbons (Fsp3) is 0.600. The van der Waals surface area contributed by atoms with Crippen LogP contribution < -0.4 is 0 Å². The van der Waals surface area contributed by atoms with Gasteiger partial charge in [0.15, 0.2) is 0 Å². The summed E-state index contributed by atoms with van der Waals surface area (Å²) >= 11 is 3.57. The van der Waals surface area contributed by atoms with Crippen LogP contribution in [0.3, 0.4) is 0 Å². The number of allylic oxidation sites excluding steroid dienone is 3. The van der Waals surface area contributed by atoms with Crippen LogP contribution in [0.1, 0.15) is 25.7 Å².